The van der Waals surface area contributed by atoms with E-state index in [-0.39, 0.29) is 6.61 Å². The molecule has 0 aromatic heterocycles. The summed E-state index contributed by atoms with van der Waals surface area (Å²) in [6, 6.07) is 0. The summed E-state index contributed by atoms with van der Waals surface area (Å²) in [6.45, 7) is 4.67. The molecular weight excluding hydrogens is 235 g/mol. The summed E-state index contributed by atoms with van der Waals surface area (Å²) in [4.78, 5) is 4.37. The average molecular weight is 255 g/mol. The second-order valence-corrected chi connectivity index (χ2v) is 4.14. The first-order valence-corrected chi connectivity index (χ1v) is 5.80. The van der Waals surface area contributed by atoms with Gasteiger partial charge in [-0.2, -0.15) is 13.2 Å². The largest absolute Gasteiger partial charge is 0.411 e. The third-order valence-electron chi connectivity index (χ3n) is 2.73. The monoisotopic (exact) mass is 255 g/mol. The summed E-state index contributed by atoms with van der Waals surface area (Å²) < 4.78 is 40.0. The number of piperazine rings is 1. The topological polar surface area (TPSA) is 41.7 Å². The van der Waals surface area contributed by atoms with E-state index in [0.29, 0.717) is 13.1 Å². The van der Waals surface area contributed by atoms with E-state index in [1.165, 1.54) is 0 Å². The second kappa shape index (κ2) is 7.15. The van der Waals surface area contributed by atoms with Crippen LogP contribution < -0.4 is 5.73 Å². The molecule has 1 heterocycles. The quantitative estimate of drug-likeness (QED) is 0.686. The van der Waals surface area contributed by atoms with Crippen molar-refractivity contribution in [3.63, 3.8) is 0 Å². The third-order valence-corrected chi connectivity index (χ3v) is 2.73. The molecule has 0 aromatic carbocycles. The molecule has 0 spiro atoms. The number of alkyl halides is 3. The maximum Gasteiger partial charge on any atom is 0.411 e. The van der Waals surface area contributed by atoms with Crippen molar-refractivity contribution < 1.29 is 17.9 Å². The molecule has 0 unspecified atom stereocenters. The summed E-state index contributed by atoms with van der Waals surface area (Å²) in [5.74, 6) is 0. The highest BCUT2D eigenvalue weighted by molar-refractivity contribution is 4.71. The lowest BCUT2D eigenvalue weighted by Gasteiger charge is -2.34. The lowest BCUT2D eigenvalue weighted by Crippen LogP contribution is -2.48. The maximum absolute atomic E-state index is 11.8. The number of hydrogen-bond donors (Lipinski definition) is 1. The van der Waals surface area contributed by atoms with Crippen molar-refractivity contribution in [2.75, 3.05) is 59.0 Å². The van der Waals surface area contributed by atoms with Crippen molar-refractivity contribution in [2.45, 2.75) is 6.18 Å². The van der Waals surface area contributed by atoms with Gasteiger partial charge in [-0.05, 0) is 0 Å². The molecular formula is C10H20F3N3O. The highest BCUT2D eigenvalue weighted by atomic mass is 19.4. The Morgan fingerprint density at radius 1 is 1.00 bits per heavy atom. The molecule has 17 heavy (non-hydrogen) atoms. The summed E-state index contributed by atoms with van der Waals surface area (Å²) in [6.07, 6.45) is -4.22. The van der Waals surface area contributed by atoms with Crippen LogP contribution in [0.25, 0.3) is 0 Å². The number of nitrogens with two attached hydrogens (primary N) is 1. The van der Waals surface area contributed by atoms with E-state index in [9.17, 15) is 13.2 Å². The Morgan fingerprint density at radius 3 is 2.00 bits per heavy atom. The summed E-state index contributed by atoms with van der Waals surface area (Å²) >= 11 is 0. The van der Waals surface area contributed by atoms with Gasteiger partial charge in [0.1, 0.15) is 6.61 Å². The van der Waals surface area contributed by atoms with Crippen molar-refractivity contribution in [1.29, 1.82) is 0 Å². The van der Waals surface area contributed by atoms with Crippen LogP contribution in [0.4, 0.5) is 13.2 Å². The van der Waals surface area contributed by atoms with Crippen molar-refractivity contribution in [2.24, 2.45) is 5.73 Å². The van der Waals surface area contributed by atoms with Gasteiger partial charge in [0.2, 0.25) is 0 Å². The molecule has 0 amide bonds. The van der Waals surface area contributed by atoms with Gasteiger partial charge < -0.3 is 10.5 Å². The van der Waals surface area contributed by atoms with Crippen LogP contribution in [0.15, 0.2) is 0 Å². The standard InChI is InChI=1S/C10H20F3N3O/c11-10(12,13)9-17-8-7-16-5-3-15(2-1-14)4-6-16/h1-9,14H2. The smallest absolute Gasteiger partial charge is 0.371 e. The highest BCUT2D eigenvalue weighted by Crippen LogP contribution is 2.14. The number of rotatable bonds is 6. The third kappa shape index (κ3) is 6.82. The van der Waals surface area contributed by atoms with Gasteiger partial charge in [-0.15, -0.1) is 0 Å². The summed E-state index contributed by atoms with van der Waals surface area (Å²) in [5, 5.41) is 0. The van der Waals surface area contributed by atoms with Crippen molar-refractivity contribution in [1.82, 2.24) is 9.80 Å². The van der Waals surface area contributed by atoms with Gasteiger partial charge in [0, 0.05) is 45.8 Å². The highest BCUT2D eigenvalue weighted by Gasteiger charge is 2.27. The van der Waals surface area contributed by atoms with Crippen molar-refractivity contribution in [3.05, 3.63) is 0 Å². The molecule has 0 bridgehead atoms. The van der Waals surface area contributed by atoms with E-state index in [1.54, 1.807) is 0 Å². The van der Waals surface area contributed by atoms with E-state index >= 15 is 0 Å². The molecule has 0 aliphatic carbocycles. The zero-order valence-corrected chi connectivity index (χ0v) is 9.88. The lowest BCUT2D eigenvalue weighted by atomic mass is 10.3. The molecule has 1 aliphatic heterocycles. The number of halogens is 3. The molecule has 1 rings (SSSR count). The zero-order valence-electron chi connectivity index (χ0n) is 9.88. The minimum absolute atomic E-state index is 0.135. The van der Waals surface area contributed by atoms with Crippen LogP contribution in [0, 0.1) is 0 Å². The molecule has 0 saturated carbocycles. The van der Waals surface area contributed by atoms with E-state index < -0.39 is 12.8 Å². The fourth-order valence-corrected chi connectivity index (χ4v) is 1.80. The van der Waals surface area contributed by atoms with E-state index in [4.69, 9.17) is 5.73 Å². The Kier molecular flexibility index (Phi) is 6.18. The number of nitrogens with zero attached hydrogens (tertiary/aromatic N) is 2. The molecule has 0 aromatic rings. The van der Waals surface area contributed by atoms with E-state index in [1.807, 2.05) is 0 Å². The minimum Gasteiger partial charge on any atom is -0.371 e. The van der Waals surface area contributed by atoms with Crippen LogP contribution in [0.1, 0.15) is 0 Å². The summed E-state index contributed by atoms with van der Waals surface area (Å²) in [5.41, 5.74) is 5.45. The number of hydrogen-bond acceptors (Lipinski definition) is 4. The fourth-order valence-electron chi connectivity index (χ4n) is 1.80. The van der Waals surface area contributed by atoms with E-state index in [2.05, 4.69) is 14.5 Å². The SMILES string of the molecule is NCCN1CCN(CCOCC(F)(F)F)CC1. The lowest BCUT2D eigenvalue weighted by molar-refractivity contribution is -0.174. The van der Waals surface area contributed by atoms with Gasteiger partial charge in [0.05, 0.1) is 6.61 Å². The Hall–Kier alpha value is -0.370. The maximum atomic E-state index is 11.8. The zero-order chi connectivity index (χ0) is 12.7. The molecule has 0 radical (unpaired) electrons. The Morgan fingerprint density at radius 2 is 1.53 bits per heavy atom. The fraction of sp³-hybridized carbons (Fsp3) is 1.00. The van der Waals surface area contributed by atoms with Gasteiger partial charge in [0.15, 0.2) is 0 Å². The van der Waals surface area contributed by atoms with Crippen LogP contribution >= 0.6 is 0 Å². The Balaban J connectivity index is 2.02. The van der Waals surface area contributed by atoms with Crippen LogP contribution in [-0.4, -0.2) is 75.0 Å². The first-order valence-electron chi connectivity index (χ1n) is 5.80. The van der Waals surface area contributed by atoms with E-state index in [0.717, 1.165) is 32.7 Å². The first kappa shape index (κ1) is 14.7. The van der Waals surface area contributed by atoms with Crippen molar-refractivity contribution in [3.8, 4) is 0 Å². The summed E-state index contributed by atoms with van der Waals surface area (Å²) in [7, 11) is 0. The predicted molar refractivity (Wildman–Crippen MR) is 58.8 cm³/mol. The van der Waals surface area contributed by atoms with Crippen LogP contribution in [0.2, 0.25) is 0 Å². The molecule has 1 aliphatic rings. The molecule has 4 nitrogen and oxygen atoms in total. The normalized spacial score (nSPS) is 19.8. The Labute approximate surface area is 99.5 Å². The van der Waals surface area contributed by atoms with Gasteiger partial charge in [-0.25, -0.2) is 0 Å². The molecule has 1 saturated heterocycles. The van der Waals surface area contributed by atoms with Gasteiger partial charge >= 0.3 is 6.18 Å². The van der Waals surface area contributed by atoms with Gasteiger partial charge in [0.25, 0.3) is 0 Å². The molecule has 2 N–H and O–H groups in total. The van der Waals surface area contributed by atoms with Gasteiger partial charge in [-0.1, -0.05) is 0 Å². The molecule has 102 valence electrons. The average Bonchev–Trinajstić information content (AvgIpc) is 2.26. The van der Waals surface area contributed by atoms with Crippen LogP contribution in [-0.2, 0) is 4.74 Å². The molecule has 7 heteroatoms. The second-order valence-electron chi connectivity index (χ2n) is 4.14. The first-order chi connectivity index (χ1) is 8.01. The van der Waals surface area contributed by atoms with Gasteiger partial charge in [-0.3, -0.25) is 9.80 Å². The molecule has 0 atom stereocenters. The minimum atomic E-state index is -4.22. The van der Waals surface area contributed by atoms with Crippen LogP contribution in [0.5, 0.6) is 0 Å². The number of ether oxygens (including phenoxy) is 1. The van der Waals surface area contributed by atoms with Crippen LogP contribution in [0.3, 0.4) is 0 Å². The molecule has 1 fully saturated rings. The Bertz CT molecular complexity index is 205. The predicted octanol–water partition coefficient (Wildman–Crippen LogP) is 0.142. The van der Waals surface area contributed by atoms with Crippen molar-refractivity contribution >= 4 is 0 Å².